The molecule has 0 amide bonds. The highest BCUT2D eigenvalue weighted by atomic mass is 16.6. The summed E-state index contributed by atoms with van der Waals surface area (Å²) in [6.07, 6.45) is 0.875. The summed E-state index contributed by atoms with van der Waals surface area (Å²) >= 11 is 0. The number of fused-ring (bicyclic) bond motifs is 1. The van der Waals surface area contributed by atoms with Gasteiger partial charge in [0.15, 0.2) is 0 Å². The zero-order chi connectivity index (χ0) is 15.3. The largest absolute Gasteiger partial charge is 0.460 e. The van der Waals surface area contributed by atoms with Gasteiger partial charge in [0, 0.05) is 5.92 Å². The van der Waals surface area contributed by atoms with Crippen molar-refractivity contribution in [2.45, 2.75) is 45.6 Å². The van der Waals surface area contributed by atoms with Gasteiger partial charge in [-0.05, 0) is 50.5 Å². The fourth-order valence-corrected chi connectivity index (χ4v) is 2.90. The first-order valence-electron chi connectivity index (χ1n) is 7.52. The third-order valence-corrected chi connectivity index (χ3v) is 4.28. The quantitative estimate of drug-likeness (QED) is 0.748. The summed E-state index contributed by atoms with van der Waals surface area (Å²) in [6.45, 7) is 7.77. The number of hydrogen-bond donors (Lipinski definition) is 0. The van der Waals surface area contributed by atoms with Crippen molar-refractivity contribution in [3.63, 3.8) is 0 Å². The third-order valence-electron chi connectivity index (χ3n) is 4.28. The van der Waals surface area contributed by atoms with Crippen molar-refractivity contribution in [1.82, 2.24) is 0 Å². The van der Waals surface area contributed by atoms with Crippen LogP contribution in [0.25, 0.3) is 10.8 Å². The van der Waals surface area contributed by atoms with Crippen LogP contribution in [0.1, 0.15) is 45.6 Å². The van der Waals surface area contributed by atoms with Crippen molar-refractivity contribution in [3.8, 4) is 0 Å². The number of benzene rings is 2. The Morgan fingerprint density at radius 2 is 1.81 bits per heavy atom. The van der Waals surface area contributed by atoms with E-state index < -0.39 is 5.60 Å². The molecule has 2 aromatic carbocycles. The predicted octanol–water partition coefficient (Wildman–Crippen LogP) is 4.68. The van der Waals surface area contributed by atoms with E-state index in [-0.39, 0.29) is 17.3 Å². The van der Waals surface area contributed by atoms with Crippen LogP contribution in [0.5, 0.6) is 0 Å². The minimum atomic E-state index is -0.420. The maximum Gasteiger partial charge on any atom is 0.312 e. The molecule has 2 heteroatoms. The maximum absolute atomic E-state index is 12.4. The molecule has 0 aliphatic heterocycles. The molecule has 0 N–H and O–H groups in total. The van der Waals surface area contributed by atoms with E-state index >= 15 is 0 Å². The molecule has 0 heterocycles. The van der Waals surface area contributed by atoms with E-state index in [1.54, 1.807) is 0 Å². The van der Waals surface area contributed by atoms with Crippen LogP contribution in [0, 0.1) is 5.41 Å². The average Bonchev–Trinajstić information content (AvgIpc) is 3.10. The van der Waals surface area contributed by atoms with E-state index in [4.69, 9.17) is 4.74 Å². The Bertz CT molecular complexity index is 696. The van der Waals surface area contributed by atoms with Crippen molar-refractivity contribution in [3.05, 3.63) is 48.0 Å². The monoisotopic (exact) mass is 282 g/mol. The summed E-state index contributed by atoms with van der Waals surface area (Å²) in [7, 11) is 0. The highest BCUT2D eigenvalue weighted by molar-refractivity contribution is 5.85. The van der Waals surface area contributed by atoms with E-state index in [0.29, 0.717) is 0 Å². The smallest absolute Gasteiger partial charge is 0.312 e. The van der Waals surface area contributed by atoms with E-state index in [9.17, 15) is 4.79 Å². The van der Waals surface area contributed by atoms with Crippen LogP contribution < -0.4 is 0 Å². The number of ether oxygens (including phenoxy) is 1. The molecule has 1 aliphatic rings. The Balaban J connectivity index is 1.83. The molecule has 0 radical (unpaired) electrons. The average molecular weight is 282 g/mol. The van der Waals surface area contributed by atoms with Crippen LogP contribution in [0.2, 0.25) is 0 Å². The first kappa shape index (κ1) is 14.1. The molecule has 0 bridgehead atoms. The topological polar surface area (TPSA) is 26.3 Å². The van der Waals surface area contributed by atoms with Crippen LogP contribution in [0.4, 0.5) is 0 Å². The van der Waals surface area contributed by atoms with E-state index in [2.05, 4.69) is 30.3 Å². The summed E-state index contributed by atoms with van der Waals surface area (Å²) in [6, 6.07) is 14.8. The zero-order valence-corrected chi connectivity index (χ0v) is 13.1. The summed E-state index contributed by atoms with van der Waals surface area (Å²) in [5.41, 5.74) is 0.453. The first-order chi connectivity index (χ1) is 9.79. The van der Waals surface area contributed by atoms with E-state index in [0.717, 1.165) is 6.42 Å². The molecule has 0 saturated heterocycles. The van der Waals surface area contributed by atoms with Crippen LogP contribution in [0.3, 0.4) is 0 Å². The molecule has 2 unspecified atom stereocenters. The van der Waals surface area contributed by atoms with Gasteiger partial charge in [-0.1, -0.05) is 42.5 Å². The molecular formula is C19H22O2. The third kappa shape index (κ3) is 2.67. The molecule has 2 aromatic rings. The Labute approximate surface area is 126 Å². The van der Waals surface area contributed by atoms with Crippen molar-refractivity contribution < 1.29 is 9.53 Å². The number of rotatable bonds is 2. The summed E-state index contributed by atoms with van der Waals surface area (Å²) < 4.78 is 5.56. The van der Waals surface area contributed by atoms with Crippen LogP contribution in [0.15, 0.2) is 42.5 Å². The van der Waals surface area contributed by atoms with Gasteiger partial charge in [-0.3, -0.25) is 4.79 Å². The van der Waals surface area contributed by atoms with Crippen molar-refractivity contribution in [2.24, 2.45) is 5.41 Å². The molecule has 0 spiro atoms. The second-order valence-electron chi connectivity index (χ2n) is 7.28. The normalized spacial score (nSPS) is 24.9. The van der Waals surface area contributed by atoms with Gasteiger partial charge in [0.05, 0.1) is 5.41 Å². The lowest BCUT2D eigenvalue weighted by molar-refractivity contribution is -0.161. The van der Waals surface area contributed by atoms with Gasteiger partial charge in [0.2, 0.25) is 0 Å². The molecule has 1 fully saturated rings. The maximum atomic E-state index is 12.4. The minimum absolute atomic E-state index is 0.0758. The SMILES string of the molecule is CC(C)(C)OC(=O)C1(C)CC1c1ccc2ccccc2c1. The highest BCUT2D eigenvalue weighted by Crippen LogP contribution is 2.60. The summed E-state index contributed by atoms with van der Waals surface area (Å²) in [5, 5.41) is 2.47. The van der Waals surface area contributed by atoms with Gasteiger partial charge < -0.3 is 4.74 Å². The Morgan fingerprint density at radius 1 is 1.14 bits per heavy atom. The van der Waals surface area contributed by atoms with Gasteiger partial charge in [0.25, 0.3) is 0 Å². The van der Waals surface area contributed by atoms with Gasteiger partial charge in [0.1, 0.15) is 5.60 Å². The van der Waals surface area contributed by atoms with Crippen LogP contribution in [-0.2, 0) is 9.53 Å². The second-order valence-corrected chi connectivity index (χ2v) is 7.28. The molecule has 110 valence electrons. The minimum Gasteiger partial charge on any atom is -0.460 e. The van der Waals surface area contributed by atoms with Crippen LogP contribution in [-0.4, -0.2) is 11.6 Å². The van der Waals surface area contributed by atoms with Gasteiger partial charge in [-0.15, -0.1) is 0 Å². The Kier molecular flexibility index (Phi) is 3.09. The zero-order valence-electron chi connectivity index (χ0n) is 13.1. The van der Waals surface area contributed by atoms with E-state index in [1.165, 1.54) is 16.3 Å². The molecule has 2 atom stereocenters. The number of carbonyl (C=O) groups is 1. The molecule has 21 heavy (non-hydrogen) atoms. The van der Waals surface area contributed by atoms with Gasteiger partial charge in [-0.25, -0.2) is 0 Å². The lowest BCUT2D eigenvalue weighted by atomic mass is 9.98. The Hall–Kier alpha value is -1.83. The number of esters is 1. The number of carbonyl (C=O) groups excluding carboxylic acids is 1. The Morgan fingerprint density at radius 3 is 2.48 bits per heavy atom. The lowest BCUT2D eigenvalue weighted by Gasteiger charge is -2.22. The van der Waals surface area contributed by atoms with Crippen molar-refractivity contribution in [1.29, 1.82) is 0 Å². The molecular weight excluding hydrogens is 260 g/mol. The fourth-order valence-electron chi connectivity index (χ4n) is 2.90. The van der Waals surface area contributed by atoms with Gasteiger partial charge in [-0.2, -0.15) is 0 Å². The highest BCUT2D eigenvalue weighted by Gasteiger charge is 2.58. The van der Waals surface area contributed by atoms with Crippen molar-refractivity contribution in [2.75, 3.05) is 0 Å². The summed E-state index contributed by atoms with van der Waals surface area (Å²) in [5.74, 6) is 0.199. The first-order valence-corrected chi connectivity index (χ1v) is 7.52. The van der Waals surface area contributed by atoms with Crippen molar-refractivity contribution >= 4 is 16.7 Å². The van der Waals surface area contributed by atoms with Gasteiger partial charge >= 0.3 is 5.97 Å². The number of hydrogen-bond acceptors (Lipinski definition) is 2. The van der Waals surface area contributed by atoms with E-state index in [1.807, 2.05) is 39.8 Å². The molecule has 1 saturated carbocycles. The summed E-state index contributed by atoms with van der Waals surface area (Å²) in [4.78, 5) is 12.4. The lowest BCUT2D eigenvalue weighted by Crippen LogP contribution is -2.29. The van der Waals surface area contributed by atoms with Crippen LogP contribution >= 0.6 is 0 Å². The second kappa shape index (κ2) is 4.59. The molecule has 3 rings (SSSR count). The molecule has 1 aliphatic carbocycles. The molecule has 0 aromatic heterocycles. The fraction of sp³-hybridized carbons (Fsp3) is 0.421. The standard InChI is InChI=1S/C19H22O2/c1-18(2,3)21-17(20)19(4)12-16(19)15-10-9-13-7-5-6-8-14(13)11-15/h5-11,16H,12H2,1-4H3. The molecule has 2 nitrogen and oxygen atoms in total. The predicted molar refractivity (Wildman–Crippen MR) is 85.3 cm³/mol.